The molecule has 0 unspecified atom stereocenters. The van der Waals surface area contributed by atoms with Gasteiger partial charge in [-0.25, -0.2) is 9.50 Å². The lowest BCUT2D eigenvalue weighted by Crippen LogP contribution is -2.52. The summed E-state index contributed by atoms with van der Waals surface area (Å²) in [5.74, 6) is 0. The molecule has 166 valence electrons. The number of piperazine rings is 1. The maximum absolute atomic E-state index is 4.86. The van der Waals surface area contributed by atoms with E-state index in [9.17, 15) is 0 Å². The molecule has 2 fully saturated rings. The zero-order valence-electron chi connectivity index (χ0n) is 19.0. The van der Waals surface area contributed by atoms with Crippen molar-refractivity contribution < 1.29 is 0 Å². The predicted molar refractivity (Wildman–Crippen MR) is 128 cm³/mol. The van der Waals surface area contributed by atoms with Crippen LogP contribution in [0.15, 0.2) is 36.4 Å². The minimum Gasteiger partial charge on any atom is -0.369 e. The van der Waals surface area contributed by atoms with Gasteiger partial charge in [0.25, 0.3) is 0 Å². The number of anilines is 1. The van der Waals surface area contributed by atoms with E-state index in [2.05, 4.69) is 57.1 Å². The Morgan fingerprint density at radius 2 is 1.75 bits per heavy atom. The van der Waals surface area contributed by atoms with Crippen molar-refractivity contribution in [1.29, 1.82) is 0 Å². The lowest BCUT2D eigenvalue weighted by atomic mass is 10.0. The summed E-state index contributed by atoms with van der Waals surface area (Å²) in [5.41, 5.74) is 8.10. The van der Waals surface area contributed by atoms with E-state index in [1.807, 2.05) is 23.1 Å². The standard InChI is InChI=1S/C25H31N7/c1-18-13-22-21(3-6-26-24(22)14-18)23-16-28-32-17-20(15-27-25(23)32)30-7-4-19(5-8-30)31-11-9-29(2)10-12-31/h3,6,14-17,19H,4-5,7-13H2,1-2H3. The third-order valence-electron chi connectivity index (χ3n) is 7.44. The Kier molecular flexibility index (Phi) is 4.96. The Labute approximate surface area is 189 Å². The molecule has 0 saturated carbocycles. The summed E-state index contributed by atoms with van der Waals surface area (Å²) in [4.78, 5) is 17.0. The number of aromatic nitrogens is 4. The van der Waals surface area contributed by atoms with E-state index in [0.717, 1.165) is 42.5 Å². The van der Waals surface area contributed by atoms with Gasteiger partial charge in [0.15, 0.2) is 5.65 Å². The van der Waals surface area contributed by atoms with Gasteiger partial charge in [-0.05, 0) is 56.5 Å². The van der Waals surface area contributed by atoms with Crippen LogP contribution in [-0.2, 0) is 6.42 Å². The molecule has 0 amide bonds. The maximum atomic E-state index is 4.86. The molecular formula is C25H31N7. The van der Waals surface area contributed by atoms with E-state index < -0.39 is 0 Å². The number of rotatable bonds is 3. The largest absolute Gasteiger partial charge is 0.369 e. The normalized spacial score (nSPS) is 20.7. The minimum absolute atomic E-state index is 0.721. The van der Waals surface area contributed by atoms with Gasteiger partial charge in [-0.3, -0.25) is 9.88 Å². The summed E-state index contributed by atoms with van der Waals surface area (Å²) >= 11 is 0. The molecule has 2 saturated heterocycles. The topological polar surface area (TPSA) is 52.8 Å². The van der Waals surface area contributed by atoms with Crippen molar-refractivity contribution >= 4 is 17.4 Å². The smallest absolute Gasteiger partial charge is 0.162 e. The summed E-state index contributed by atoms with van der Waals surface area (Å²) in [5, 5.41) is 4.67. The second-order valence-corrected chi connectivity index (χ2v) is 9.59. The number of nitrogens with zero attached hydrogens (tertiary/aromatic N) is 7. The third-order valence-corrected chi connectivity index (χ3v) is 7.44. The molecule has 32 heavy (non-hydrogen) atoms. The first kappa shape index (κ1) is 19.9. The highest BCUT2D eigenvalue weighted by Crippen LogP contribution is 2.34. The first-order chi connectivity index (χ1) is 15.7. The van der Waals surface area contributed by atoms with Gasteiger partial charge in [0.1, 0.15) is 0 Å². The van der Waals surface area contributed by atoms with Crippen molar-refractivity contribution in [1.82, 2.24) is 29.4 Å². The lowest BCUT2D eigenvalue weighted by molar-refractivity contribution is 0.0982. The lowest BCUT2D eigenvalue weighted by Gasteiger charge is -2.42. The van der Waals surface area contributed by atoms with Gasteiger partial charge < -0.3 is 9.80 Å². The van der Waals surface area contributed by atoms with Gasteiger partial charge >= 0.3 is 0 Å². The quantitative estimate of drug-likeness (QED) is 0.638. The number of likely N-dealkylation sites (N-methyl/N-ethyl adjacent to an activating group) is 1. The van der Waals surface area contributed by atoms with Gasteiger partial charge in [-0.2, -0.15) is 5.10 Å². The number of hydrogen-bond donors (Lipinski definition) is 0. The molecule has 0 bridgehead atoms. The van der Waals surface area contributed by atoms with E-state index >= 15 is 0 Å². The van der Waals surface area contributed by atoms with Gasteiger partial charge in [0, 0.05) is 57.1 Å². The van der Waals surface area contributed by atoms with E-state index in [4.69, 9.17) is 4.98 Å². The van der Waals surface area contributed by atoms with Crippen molar-refractivity contribution in [2.75, 3.05) is 51.2 Å². The predicted octanol–water partition coefficient (Wildman–Crippen LogP) is 2.97. The number of piperidine rings is 1. The maximum Gasteiger partial charge on any atom is 0.162 e. The Bertz CT molecular complexity index is 1160. The van der Waals surface area contributed by atoms with Crippen LogP contribution in [0.5, 0.6) is 0 Å². The van der Waals surface area contributed by atoms with Crippen LogP contribution in [0.3, 0.4) is 0 Å². The molecule has 1 aliphatic carbocycles. The van der Waals surface area contributed by atoms with Crippen LogP contribution in [0.25, 0.3) is 22.9 Å². The molecule has 0 N–H and O–H groups in total. The number of hydrogen-bond acceptors (Lipinski definition) is 6. The first-order valence-electron chi connectivity index (χ1n) is 11.8. The van der Waals surface area contributed by atoms with Gasteiger partial charge in [-0.15, -0.1) is 0 Å². The molecule has 3 aliphatic rings. The zero-order chi connectivity index (χ0) is 21.7. The first-order valence-corrected chi connectivity index (χ1v) is 11.8. The Hall–Kier alpha value is -2.77. The average Bonchev–Trinajstić information content (AvgIpc) is 3.41. The van der Waals surface area contributed by atoms with Crippen LogP contribution in [0, 0.1) is 0 Å². The van der Waals surface area contributed by atoms with Crippen LogP contribution in [0.4, 0.5) is 5.69 Å². The van der Waals surface area contributed by atoms with Crippen LogP contribution >= 0.6 is 0 Å². The Morgan fingerprint density at radius 3 is 2.56 bits per heavy atom. The van der Waals surface area contributed by atoms with Crippen molar-refractivity contribution in [3.05, 3.63) is 47.7 Å². The zero-order valence-corrected chi connectivity index (χ0v) is 19.0. The third kappa shape index (κ3) is 3.49. The molecule has 0 radical (unpaired) electrons. The molecule has 7 heteroatoms. The average molecular weight is 430 g/mol. The molecule has 5 heterocycles. The number of pyridine rings is 1. The molecule has 3 aromatic heterocycles. The fraction of sp³-hybridized carbons (Fsp3) is 0.480. The Morgan fingerprint density at radius 1 is 0.938 bits per heavy atom. The molecule has 0 spiro atoms. The van der Waals surface area contributed by atoms with Crippen LogP contribution in [0.1, 0.15) is 31.0 Å². The van der Waals surface area contributed by atoms with E-state index in [-0.39, 0.29) is 0 Å². The van der Waals surface area contributed by atoms with E-state index in [1.165, 1.54) is 61.4 Å². The van der Waals surface area contributed by atoms with Crippen molar-refractivity contribution in [3.8, 4) is 11.1 Å². The van der Waals surface area contributed by atoms with Crippen molar-refractivity contribution in [2.24, 2.45) is 0 Å². The Balaban J connectivity index is 1.20. The van der Waals surface area contributed by atoms with Gasteiger partial charge in [-0.1, -0.05) is 5.57 Å². The van der Waals surface area contributed by atoms with Crippen LogP contribution in [-0.4, -0.2) is 81.7 Å². The van der Waals surface area contributed by atoms with E-state index in [0.29, 0.717) is 0 Å². The number of fused-ring (bicyclic) bond motifs is 2. The molecule has 3 aromatic rings. The highest BCUT2D eigenvalue weighted by molar-refractivity contribution is 5.83. The second kappa shape index (κ2) is 7.98. The molecule has 0 atom stereocenters. The highest BCUT2D eigenvalue weighted by atomic mass is 15.3. The molecule has 0 aromatic carbocycles. The summed E-state index contributed by atoms with van der Waals surface area (Å²) in [7, 11) is 2.23. The SMILES string of the molecule is CC1=Cc2nccc(-c3cnn4cc(N5CCC(N6CCN(C)CC6)CC5)cnc34)c2C1. The monoisotopic (exact) mass is 429 g/mol. The summed E-state index contributed by atoms with van der Waals surface area (Å²) < 4.78 is 1.94. The molecule has 7 nitrogen and oxygen atoms in total. The van der Waals surface area contributed by atoms with Crippen LogP contribution in [0.2, 0.25) is 0 Å². The fourth-order valence-electron chi connectivity index (χ4n) is 5.53. The summed E-state index contributed by atoms with van der Waals surface area (Å²) in [6.45, 7) is 9.13. The molecular weight excluding hydrogens is 398 g/mol. The summed E-state index contributed by atoms with van der Waals surface area (Å²) in [6.07, 6.45) is 13.6. The second-order valence-electron chi connectivity index (χ2n) is 9.59. The molecule has 2 aliphatic heterocycles. The number of allylic oxidation sites excluding steroid dienone is 1. The van der Waals surface area contributed by atoms with Crippen LogP contribution < -0.4 is 4.90 Å². The van der Waals surface area contributed by atoms with E-state index in [1.54, 1.807) is 0 Å². The highest BCUT2D eigenvalue weighted by Gasteiger charge is 2.27. The fourth-order valence-corrected chi connectivity index (χ4v) is 5.53. The van der Waals surface area contributed by atoms with Gasteiger partial charge in [0.05, 0.1) is 30.0 Å². The summed E-state index contributed by atoms with van der Waals surface area (Å²) in [6, 6.07) is 2.82. The van der Waals surface area contributed by atoms with Gasteiger partial charge in [0.2, 0.25) is 0 Å². The molecule has 6 rings (SSSR count). The minimum atomic E-state index is 0.721. The van der Waals surface area contributed by atoms with Crippen molar-refractivity contribution in [2.45, 2.75) is 32.2 Å². The van der Waals surface area contributed by atoms with Crippen molar-refractivity contribution in [3.63, 3.8) is 0 Å².